The van der Waals surface area contributed by atoms with Crippen LogP contribution in [0.25, 0.3) is 0 Å². The topological polar surface area (TPSA) is 41.1 Å². The van der Waals surface area contributed by atoms with Crippen LogP contribution in [-0.4, -0.2) is 25.0 Å². The number of halogens is 1. The summed E-state index contributed by atoms with van der Waals surface area (Å²) >= 11 is 3.24. The molecule has 0 saturated carbocycles. The molecule has 1 amide bonds. The van der Waals surface area contributed by atoms with Crippen molar-refractivity contribution in [1.29, 1.82) is 0 Å². The molecule has 0 aromatic carbocycles. The van der Waals surface area contributed by atoms with E-state index in [-0.39, 0.29) is 11.9 Å². The summed E-state index contributed by atoms with van der Waals surface area (Å²) in [6.07, 6.45) is 3.40. The second-order valence-corrected chi connectivity index (χ2v) is 4.74. The highest BCUT2D eigenvalue weighted by Gasteiger charge is 2.10. The largest absolute Gasteiger partial charge is 0.355 e. The molecule has 0 spiro atoms. The Kier molecular flexibility index (Phi) is 8.71. The lowest BCUT2D eigenvalue weighted by atomic mass is 10.2. The highest BCUT2D eigenvalue weighted by molar-refractivity contribution is 9.11. The summed E-state index contributed by atoms with van der Waals surface area (Å²) in [6, 6.07) is -0.166. The third-order valence-corrected chi connectivity index (χ3v) is 2.35. The van der Waals surface area contributed by atoms with Gasteiger partial charge in [-0.25, -0.2) is 0 Å². The van der Waals surface area contributed by atoms with Gasteiger partial charge in [-0.15, -0.1) is 0 Å². The fourth-order valence-electron chi connectivity index (χ4n) is 1.10. The maximum absolute atomic E-state index is 11.5. The lowest BCUT2D eigenvalue weighted by Crippen LogP contribution is -2.42. The Balaban J connectivity index is 3.55. The van der Waals surface area contributed by atoms with Crippen LogP contribution in [0.3, 0.4) is 0 Å². The van der Waals surface area contributed by atoms with Gasteiger partial charge in [-0.05, 0) is 13.3 Å². The van der Waals surface area contributed by atoms with E-state index in [9.17, 15) is 4.79 Å². The Bertz CT molecular complexity index is 207. The molecule has 3 nitrogen and oxygen atoms in total. The second kappa shape index (κ2) is 8.92. The Labute approximate surface area is 101 Å². The van der Waals surface area contributed by atoms with Crippen molar-refractivity contribution in [3.8, 4) is 0 Å². The number of rotatable bonds is 8. The number of hydrogen-bond donors (Lipinski definition) is 2. The molecule has 1 atom stereocenters. The van der Waals surface area contributed by atoms with Crippen LogP contribution in [0, 0.1) is 0 Å². The average molecular weight is 277 g/mol. The van der Waals surface area contributed by atoms with Gasteiger partial charge in [0.25, 0.3) is 0 Å². The predicted octanol–water partition coefficient (Wildman–Crippen LogP) is 2.18. The minimum absolute atomic E-state index is 0.0554. The monoisotopic (exact) mass is 276 g/mol. The van der Waals surface area contributed by atoms with Gasteiger partial charge in [0, 0.05) is 17.6 Å². The molecular formula is C11H21BrN2O. The minimum Gasteiger partial charge on any atom is -0.355 e. The molecule has 0 fully saturated rings. The van der Waals surface area contributed by atoms with Crippen molar-refractivity contribution in [2.75, 3.05) is 13.1 Å². The predicted molar refractivity (Wildman–Crippen MR) is 68.1 cm³/mol. The Morgan fingerprint density at radius 3 is 2.67 bits per heavy atom. The molecule has 0 aromatic rings. The number of unbranched alkanes of at least 4 members (excludes halogenated alkanes) is 2. The first-order valence-corrected chi connectivity index (χ1v) is 6.21. The Hall–Kier alpha value is -0.350. The van der Waals surface area contributed by atoms with Crippen LogP contribution in [-0.2, 0) is 4.79 Å². The normalized spacial score (nSPS) is 12.2. The Morgan fingerprint density at radius 2 is 2.13 bits per heavy atom. The number of carbonyl (C=O) groups excluding carboxylic acids is 1. The van der Waals surface area contributed by atoms with E-state index in [0.717, 1.165) is 17.4 Å². The fourth-order valence-corrected chi connectivity index (χ4v) is 1.26. The highest BCUT2D eigenvalue weighted by Crippen LogP contribution is 1.98. The van der Waals surface area contributed by atoms with Gasteiger partial charge in [0.2, 0.25) is 5.91 Å². The molecule has 0 bridgehead atoms. The van der Waals surface area contributed by atoms with Crippen molar-refractivity contribution in [3.63, 3.8) is 0 Å². The van der Waals surface area contributed by atoms with Crippen LogP contribution in [0.5, 0.6) is 0 Å². The van der Waals surface area contributed by atoms with Gasteiger partial charge in [-0.2, -0.15) is 0 Å². The van der Waals surface area contributed by atoms with Crippen LogP contribution in [0.15, 0.2) is 11.1 Å². The zero-order valence-corrected chi connectivity index (χ0v) is 11.2. The molecular weight excluding hydrogens is 256 g/mol. The third kappa shape index (κ3) is 8.63. The molecule has 1 unspecified atom stereocenters. The van der Waals surface area contributed by atoms with Gasteiger partial charge in [-0.1, -0.05) is 42.3 Å². The number of hydrogen-bond acceptors (Lipinski definition) is 2. The molecule has 15 heavy (non-hydrogen) atoms. The zero-order valence-electron chi connectivity index (χ0n) is 9.61. The molecule has 0 radical (unpaired) electrons. The summed E-state index contributed by atoms with van der Waals surface area (Å²) in [6.45, 7) is 9.08. The van der Waals surface area contributed by atoms with E-state index in [1.54, 1.807) is 0 Å². The molecule has 2 N–H and O–H groups in total. The molecule has 0 rings (SSSR count). The van der Waals surface area contributed by atoms with E-state index in [4.69, 9.17) is 0 Å². The maximum Gasteiger partial charge on any atom is 0.236 e. The smallest absolute Gasteiger partial charge is 0.236 e. The van der Waals surface area contributed by atoms with Gasteiger partial charge in [0.15, 0.2) is 0 Å². The van der Waals surface area contributed by atoms with Crippen LogP contribution >= 0.6 is 15.9 Å². The van der Waals surface area contributed by atoms with Crippen molar-refractivity contribution < 1.29 is 4.79 Å². The average Bonchev–Trinajstić information content (AvgIpc) is 2.20. The van der Waals surface area contributed by atoms with E-state index in [1.165, 1.54) is 12.8 Å². The van der Waals surface area contributed by atoms with Crippen molar-refractivity contribution in [2.24, 2.45) is 0 Å². The molecule has 0 heterocycles. The minimum atomic E-state index is -0.166. The summed E-state index contributed by atoms with van der Waals surface area (Å²) < 4.78 is 0.855. The van der Waals surface area contributed by atoms with E-state index >= 15 is 0 Å². The first-order chi connectivity index (χ1) is 7.07. The van der Waals surface area contributed by atoms with Gasteiger partial charge < -0.3 is 10.6 Å². The van der Waals surface area contributed by atoms with E-state index in [2.05, 4.69) is 40.1 Å². The van der Waals surface area contributed by atoms with Gasteiger partial charge in [0.1, 0.15) is 0 Å². The molecule has 0 aliphatic carbocycles. The van der Waals surface area contributed by atoms with Gasteiger partial charge in [-0.3, -0.25) is 4.79 Å². The number of carbonyl (C=O) groups is 1. The molecule has 0 aromatic heterocycles. The van der Waals surface area contributed by atoms with Crippen LogP contribution in [0.2, 0.25) is 0 Å². The van der Waals surface area contributed by atoms with Crippen molar-refractivity contribution in [2.45, 2.75) is 39.2 Å². The van der Waals surface area contributed by atoms with Crippen molar-refractivity contribution in [3.05, 3.63) is 11.1 Å². The third-order valence-electron chi connectivity index (χ3n) is 2.07. The molecule has 88 valence electrons. The van der Waals surface area contributed by atoms with Crippen molar-refractivity contribution in [1.82, 2.24) is 10.6 Å². The maximum atomic E-state index is 11.5. The lowest BCUT2D eigenvalue weighted by molar-refractivity contribution is -0.122. The summed E-state index contributed by atoms with van der Waals surface area (Å²) in [5.74, 6) is 0.0554. The molecule has 0 saturated heterocycles. The lowest BCUT2D eigenvalue weighted by Gasteiger charge is -2.13. The van der Waals surface area contributed by atoms with Gasteiger partial charge in [0.05, 0.1) is 6.04 Å². The fraction of sp³-hybridized carbons (Fsp3) is 0.727. The standard InChI is InChI=1S/C11H21BrN2O/c1-4-5-6-7-13-11(15)10(3)14-8-9(2)12/h10,14H,2,4-8H2,1,3H3,(H,13,15). The second-order valence-electron chi connectivity index (χ2n) is 3.62. The quantitative estimate of drug-likeness (QED) is 0.668. The van der Waals surface area contributed by atoms with Crippen LogP contribution in [0.1, 0.15) is 33.1 Å². The summed E-state index contributed by atoms with van der Waals surface area (Å²) in [4.78, 5) is 11.5. The summed E-state index contributed by atoms with van der Waals surface area (Å²) in [5, 5.41) is 5.96. The summed E-state index contributed by atoms with van der Waals surface area (Å²) in [5.41, 5.74) is 0. The highest BCUT2D eigenvalue weighted by atomic mass is 79.9. The Morgan fingerprint density at radius 1 is 1.47 bits per heavy atom. The van der Waals surface area contributed by atoms with Gasteiger partial charge >= 0.3 is 0 Å². The first kappa shape index (κ1) is 14.6. The molecule has 0 aliphatic rings. The number of nitrogens with one attached hydrogen (secondary N) is 2. The summed E-state index contributed by atoms with van der Waals surface area (Å²) in [7, 11) is 0. The first-order valence-electron chi connectivity index (χ1n) is 5.42. The molecule has 0 aliphatic heterocycles. The van der Waals surface area contributed by atoms with Crippen molar-refractivity contribution >= 4 is 21.8 Å². The van der Waals surface area contributed by atoms with E-state index in [0.29, 0.717) is 6.54 Å². The number of amides is 1. The van der Waals surface area contributed by atoms with Crippen LogP contribution in [0.4, 0.5) is 0 Å². The van der Waals surface area contributed by atoms with E-state index < -0.39 is 0 Å². The molecule has 4 heteroatoms. The van der Waals surface area contributed by atoms with E-state index in [1.807, 2.05) is 6.92 Å². The van der Waals surface area contributed by atoms with Crippen LogP contribution < -0.4 is 10.6 Å². The SMILES string of the molecule is C=C(Br)CNC(C)C(=O)NCCCCC. The zero-order chi connectivity index (χ0) is 11.7.